The van der Waals surface area contributed by atoms with Crippen LogP contribution in [0.25, 0.3) is 22.4 Å². The van der Waals surface area contributed by atoms with Gasteiger partial charge in [0.25, 0.3) is 0 Å². The minimum atomic E-state index is 0.591. The van der Waals surface area contributed by atoms with Gasteiger partial charge in [0.2, 0.25) is 0 Å². The lowest BCUT2D eigenvalue weighted by molar-refractivity contribution is 0.369. The summed E-state index contributed by atoms with van der Waals surface area (Å²) in [4.78, 5) is 0. The van der Waals surface area contributed by atoms with E-state index in [1.165, 1.54) is 5.56 Å². The van der Waals surface area contributed by atoms with Crippen molar-refractivity contribution in [2.75, 3.05) is 14.2 Å². The molecule has 0 amide bonds. The molecule has 0 N–H and O–H groups in total. The topological polar surface area (TPSA) is 53.7 Å². The van der Waals surface area contributed by atoms with Crippen molar-refractivity contribution in [2.24, 2.45) is 0 Å². The molecule has 0 fully saturated rings. The van der Waals surface area contributed by atoms with E-state index in [0.717, 1.165) is 28.9 Å². The number of hydrogen-bond donors (Lipinski definition) is 0. The van der Waals surface area contributed by atoms with Gasteiger partial charge in [0.1, 0.15) is 23.5 Å². The lowest BCUT2D eigenvalue weighted by Gasteiger charge is -2.14. The third-order valence-electron chi connectivity index (χ3n) is 4.27. The van der Waals surface area contributed by atoms with Crippen LogP contribution in [0, 0.1) is 0 Å². The van der Waals surface area contributed by atoms with Crippen LogP contribution < -0.4 is 14.2 Å². The SMILES string of the molecule is CCc1ccc2c(c1)Oc1c(OC)cc(OC)cc1-c1nocc1-2. The zero-order valence-corrected chi connectivity index (χ0v) is 13.8. The van der Waals surface area contributed by atoms with Crippen LogP contribution in [0.5, 0.6) is 23.0 Å². The van der Waals surface area contributed by atoms with Gasteiger partial charge in [0, 0.05) is 11.6 Å². The molecule has 0 aliphatic carbocycles. The normalized spacial score (nSPS) is 11.6. The summed E-state index contributed by atoms with van der Waals surface area (Å²) in [5.41, 5.74) is 4.53. The number of aromatic nitrogens is 1. The number of hydrogen-bond acceptors (Lipinski definition) is 5. The van der Waals surface area contributed by atoms with Gasteiger partial charge in [0.15, 0.2) is 11.5 Å². The van der Waals surface area contributed by atoms with Gasteiger partial charge in [-0.25, -0.2) is 0 Å². The van der Waals surface area contributed by atoms with Gasteiger partial charge in [-0.2, -0.15) is 0 Å². The second-order valence-corrected chi connectivity index (χ2v) is 5.57. The van der Waals surface area contributed by atoms with Crippen molar-refractivity contribution >= 4 is 0 Å². The van der Waals surface area contributed by atoms with Crippen LogP contribution in [0.2, 0.25) is 0 Å². The summed E-state index contributed by atoms with van der Waals surface area (Å²) in [5.74, 6) is 2.64. The molecule has 1 aliphatic rings. The van der Waals surface area contributed by atoms with Crippen LogP contribution >= 0.6 is 0 Å². The molecule has 4 rings (SSSR count). The van der Waals surface area contributed by atoms with E-state index in [9.17, 15) is 0 Å². The first-order chi connectivity index (χ1) is 11.7. The first-order valence-corrected chi connectivity index (χ1v) is 7.77. The summed E-state index contributed by atoms with van der Waals surface area (Å²) >= 11 is 0. The lowest BCUT2D eigenvalue weighted by Crippen LogP contribution is -1.95. The Kier molecular flexibility index (Phi) is 3.41. The quantitative estimate of drug-likeness (QED) is 0.547. The van der Waals surface area contributed by atoms with Gasteiger partial charge in [-0.15, -0.1) is 0 Å². The van der Waals surface area contributed by atoms with Gasteiger partial charge < -0.3 is 18.7 Å². The maximum absolute atomic E-state index is 6.25. The summed E-state index contributed by atoms with van der Waals surface area (Å²) in [6.45, 7) is 2.11. The van der Waals surface area contributed by atoms with E-state index in [1.807, 2.05) is 18.2 Å². The predicted molar refractivity (Wildman–Crippen MR) is 89.9 cm³/mol. The van der Waals surface area contributed by atoms with Crippen molar-refractivity contribution in [1.82, 2.24) is 5.16 Å². The summed E-state index contributed by atoms with van der Waals surface area (Å²) in [7, 11) is 3.22. The Balaban J connectivity index is 2.03. The molecule has 5 heteroatoms. The Hall–Kier alpha value is -2.95. The number of rotatable bonds is 3. The Bertz CT molecular complexity index is 914. The highest BCUT2D eigenvalue weighted by Gasteiger charge is 2.27. The molecule has 0 saturated carbocycles. The van der Waals surface area contributed by atoms with Crippen molar-refractivity contribution < 1.29 is 18.7 Å². The van der Waals surface area contributed by atoms with E-state index >= 15 is 0 Å². The monoisotopic (exact) mass is 323 g/mol. The fourth-order valence-corrected chi connectivity index (χ4v) is 2.95. The third kappa shape index (κ3) is 2.12. The largest absolute Gasteiger partial charge is 0.497 e. The van der Waals surface area contributed by atoms with Crippen LogP contribution in [0.15, 0.2) is 41.1 Å². The molecule has 1 aromatic heterocycles. The molecule has 2 aromatic carbocycles. The third-order valence-corrected chi connectivity index (χ3v) is 4.27. The number of aryl methyl sites for hydroxylation is 1. The van der Waals surface area contributed by atoms with Crippen LogP contribution in [0.1, 0.15) is 12.5 Å². The molecule has 3 aromatic rings. The molecule has 0 atom stereocenters. The fourth-order valence-electron chi connectivity index (χ4n) is 2.95. The Morgan fingerprint density at radius 3 is 2.62 bits per heavy atom. The fraction of sp³-hybridized carbons (Fsp3) is 0.211. The highest BCUT2D eigenvalue weighted by molar-refractivity contribution is 5.89. The molecule has 122 valence electrons. The molecule has 1 aliphatic heterocycles. The summed E-state index contributed by atoms with van der Waals surface area (Å²) in [6.07, 6.45) is 2.57. The van der Waals surface area contributed by atoms with Gasteiger partial charge in [-0.05, 0) is 24.1 Å². The predicted octanol–water partition coefficient (Wildman–Crippen LogP) is 4.69. The number of nitrogens with zero attached hydrogens (tertiary/aromatic N) is 1. The maximum Gasteiger partial charge on any atom is 0.179 e. The maximum atomic E-state index is 6.25. The van der Waals surface area contributed by atoms with Crippen molar-refractivity contribution in [2.45, 2.75) is 13.3 Å². The molecule has 0 spiro atoms. The minimum absolute atomic E-state index is 0.591. The number of benzene rings is 2. The van der Waals surface area contributed by atoms with E-state index in [1.54, 1.807) is 26.5 Å². The van der Waals surface area contributed by atoms with Crippen molar-refractivity contribution in [1.29, 1.82) is 0 Å². The molecule has 5 nitrogen and oxygen atoms in total. The van der Waals surface area contributed by atoms with Gasteiger partial charge in [0.05, 0.1) is 25.3 Å². The summed E-state index contributed by atoms with van der Waals surface area (Å²) in [6, 6.07) is 9.86. The van der Waals surface area contributed by atoms with Crippen LogP contribution in [-0.2, 0) is 6.42 Å². The Morgan fingerprint density at radius 2 is 1.88 bits per heavy atom. The first kappa shape index (κ1) is 14.6. The molecule has 2 heterocycles. The average molecular weight is 323 g/mol. The minimum Gasteiger partial charge on any atom is -0.497 e. The standard InChI is InChI=1S/C19H17NO4/c1-4-11-5-6-13-15-10-23-20-18(15)14-8-12(21-2)9-17(22-3)19(14)24-16(13)7-11/h5-10H,4H2,1-3H3. The van der Waals surface area contributed by atoms with E-state index in [4.69, 9.17) is 18.7 Å². The van der Waals surface area contributed by atoms with Gasteiger partial charge >= 0.3 is 0 Å². The van der Waals surface area contributed by atoms with Crippen molar-refractivity contribution in [3.63, 3.8) is 0 Å². The van der Waals surface area contributed by atoms with E-state index in [0.29, 0.717) is 22.9 Å². The molecule has 0 radical (unpaired) electrons. The average Bonchev–Trinajstić information content (AvgIpc) is 3.06. The zero-order valence-electron chi connectivity index (χ0n) is 13.8. The molecular formula is C19H17NO4. The van der Waals surface area contributed by atoms with Crippen LogP contribution in [0.3, 0.4) is 0 Å². The van der Waals surface area contributed by atoms with Gasteiger partial charge in [-0.3, -0.25) is 0 Å². The van der Waals surface area contributed by atoms with Crippen LogP contribution in [-0.4, -0.2) is 19.4 Å². The summed E-state index contributed by atoms with van der Waals surface area (Å²) < 4.78 is 22.4. The molecule has 24 heavy (non-hydrogen) atoms. The van der Waals surface area contributed by atoms with Crippen LogP contribution in [0.4, 0.5) is 0 Å². The Morgan fingerprint density at radius 1 is 1.00 bits per heavy atom. The highest BCUT2D eigenvalue weighted by atomic mass is 16.5. The first-order valence-electron chi connectivity index (χ1n) is 7.77. The second-order valence-electron chi connectivity index (χ2n) is 5.57. The lowest BCUT2D eigenvalue weighted by atomic mass is 10.00. The van der Waals surface area contributed by atoms with Crippen molar-refractivity contribution in [3.05, 3.63) is 42.2 Å². The second kappa shape index (κ2) is 5.60. The smallest absolute Gasteiger partial charge is 0.179 e. The van der Waals surface area contributed by atoms with Gasteiger partial charge in [-0.1, -0.05) is 24.2 Å². The van der Waals surface area contributed by atoms with E-state index in [2.05, 4.69) is 18.1 Å². The zero-order chi connectivity index (χ0) is 16.7. The van der Waals surface area contributed by atoms with Crippen molar-refractivity contribution in [3.8, 4) is 45.4 Å². The number of fused-ring (bicyclic) bond motifs is 5. The van der Waals surface area contributed by atoms with E-state index in [-0.39, 0.29) is 0 Å². The molecule has 0 unspecified atom stereocenters. The summed E-state index contributed by atoms with van der Waals surface area (Å²) in [5, 5.41) is 4.18. The molecular weight excluding hydrogens is 306 g/mol. The Labute approximate surface area is 139 Å². The molecule has 0 saturated heterocycles. The molecule has 0 bridgehead atoms. The highest BCUT2D eigenvalue weighted by Crippen LogP contribution is 2.51. The van der Waals surface area contributed by atoms with E-state index < -0.39 is 0 Å². The number of methoxy groups -OCH3 is 2. The number of ether oxygens (including phenoxy) is 3.